The first-order valence-corrected chi connectivity index (χ1v) is 12.1. The molecule has 0 atom stereocenters. The number of nitrogens with two attached hydrogens (primary N) is 1. The number of hydrogen-bond acceptors (Lipinski definition) is 10. The maximum atomic E-state index is 15.8. The molecule has 2 aromatic carbocycles. The molecule has 0 aliphatic heterocycles. The number of benzene rings is 2. The van der Waals surface area contributed by atoms with Gasteiger partial charge in [0.1, 0.15) is 25.5 Å². The summed E-state index contributed by atoms with van der Waals surface area (Å²) < 4.78 is 66.6. The SMILES string of the molecule is C=CCOC(=O)OCc1c(F)c(N(C)C)c2c(=O)c(NC(C)=O)c(-c3ccc(C(=O)OCC=C)c(F)c3N)oc2c1F. The van der Waals surface area contributed by atoms with Gasteiger partial charge in [0.05, 0.1) is 27.9 Å². The molecule has 1 amide bonds. The van der Waals surface area contributed by atoms with Gasteiger partial charge in [-0.1, -0.05) is 25.3 Å². The molecular weight excluding hydrogens is 563 g/mol. The summed E-state index contributed by atoms with van der Waals surface area (Å²) in [6.07, 6.45) is 1.26. The number of esters is 1. The van der Waals surface area contributed by atoms with Gasteiger partial charge in [0.15, 0.2) is 28.8 Å². The monoisotopic (exact) mass is 589 g/mol. The Bertz CT molecular complexity index is 1670. The summed E-state index contributed by atoms with van der Waals surface area (Å²) in [4.78, 5) is 50.9. The maximum Gasteiger partial charge on any atom is 0.508 e. The van der Waals surface area contributed by atoms with Gasteiger partial charge in [-0.3, -0.25) is 9.59 Å². The van der Waals surface area contributed by atoms with Crippen molar-refractivity contribution in [3.05, 3.63) is 76.2 Å². The zero-order valence-electron chi connectivity index (χ0n) is 22.8. The zero-order valence-corrected chi connectivity index (χ0v) is 22.8. The summed E-state index contributed by atoms with van der Waals surface area (Å²) in [5.74, 6) is -6.39. The van der Waals surface area contributed by atoms with Gasteiger partial charge in [-0.2, -0.15) is 0 Å². The summed E-state index contributed by atoms with van der Waals surface area (Å²) >= 11 is 0. The summed E-state index contributed by atoms with van der Waals surface area (Å²) in [6, 6.07) is 2.07. The molecule has 0 spiro atoms. The number of hydrogen-bond donors (Lipinski definition) is 2. The number of nitrogens with one attached hydrogen (secondary N) is 1. The lowest BCUT2D eigenvalue weighted by Crippen LogP contribution is -2.22. The van der Waals surface area contributed by atoms with E-state index in [1.807, 2.05) is 0 Å². The molecule has 0 aliphatic rings. The molecule has 222 valence electrons. The first-order chi connectivity index (χ1) is 19.8. The molecule has 0 bridgehead atoms. The van der Waals surface area contributed by atoms with Crippen molar-refractivity contribution in [2.75, 3.05) is 43.3 Å². The number of halogens is 3. The summed E-state index contributed by atoms with van der Waals surface area (Å²) in [5.41, 5.74) is 0.535. The first-order valence-electron chi connectivity index (χ1n) is 12.1. The Balaban J connectivity index is 2.36. The third-order valence-corrected chi connectivity index (χ3v) is 5.66. The van der Waals surface area contributed by atoms with E-state index in [4.69, 9.17) is 19.6 Å². The number of nitrogen functional groups attached to an aromatic ring is 1. The molecule has 0 unspecified atom stereocenters. The van der Waals surface area contributed by atoms with E-state index in [-0.39, 0.29) is 18.8 Å². The fourth-order valence-electron chi connectivity index (χ4n) is 3.88. The van der Waals surface area contributed by atoms with Crippen LogP contribution in [0.25, 0.3) is 22.3 Å². The normalized spacial score (nSPS) is 10.6. The van der Waals surface area contributed by atoms with Crippen LogP contribution in [0.3, 0.4) is 0 Å². The third kappa shape index (κ3) is 6.06. The first kappa shape index (κ1) is 31.3. The number of carbonyl (C=O) groups is 3. The topological polar surface area (TPSA) is 150 Å². The number of ether oxygens (including phenoxy) is 3. The van der Waals surface area contributed by atoms with E-state index >= 15 is 13.2 Å². The van der Waals surface area contributed by atoms with Crippen LogP contribution in [0.5, 0.6) is 0 Å². The van der Waals surface area contributed by atoms with Gasteiger partial charge >= 0.3 is 12.1 Å². The largest absolute Gasteiger partial charge is 0.508 e. The van der Waals surface area contributed by atoms with Crippen LogP contribution in [0.15, 0.2) is 46.7 Å². The summed E-state index contributed by atoms with van der Waals surface area (Å²) in [7, 11) is 2.70. The third-order valence-electron chi connectivity index (χ3n) is 5.66. The second kappa shape index (κ2) is 12.9. The van der Waals surface area contributed by atoms with Crippen LogP contribution in [-0.2, 0) is 25.6 Å². The summed E-state index contributed by atoms with van der Waals surface area (Å²) in [5, 5.41) is 1.62. The quantitative estimate of drug-likeness (QED) is 0.194. The molecule has 14 heteroatoms. The van der Waals surface area contributed by atoms with Crippen LogP contribution in [-0.4, -0.2) is 45.3 Å². The Hall–Kier alpha value is -5.27. The molecule has 3 aromatic rings. The fraction of sp³-hybridized carbons (Fsp3) is 0.214. The molecule has 0 saturated carbocycles. The van der Waals surface area contributed by atoms with E-state index in [0.717, 1.165) is 24.0 Å². The van der Waals surface area contributed by atoms with Crippen LogP contribution in [0.4, 0.5) is 35.0 Å². The van der Waals surface area contributed by atoms with Crippen LogP contribution >= 0.6 is 0 Å². The minimum atomic E-state index is -1.43. The van der Waals surface area contributed by atoms with E-state index in [0.29, 0.717) is 0 Å². The molecule has 0 fully saturated rings. The Morgan fingerprint density at radius 2 is 1.67 bits per heavy atom. The minimum Gasteiger partial charge on any atom is -0.458 e. The van der Waals surface area contributed by atoms with Crippen LogP contribution in [0, 0.1) is 17.5 Å². The standard InChI is InChI=1S/C28H26F3N3O8/c1-6-10-39-27(37)14-8-9-15(21(32)18(14)29)25-22(33-13(3)35)24(36)17-23(34(4)5)19(30)16(20(31)26(17)42-25)12-41-28(38)40-11-7-2/h6-9H,1-2,10-12,32H2,3-5H3,(H,33,35). The van der Waals surface area contributed by atoms with Crippen molar-refractivity contribution in [1.29, 1.82) is 0 Å². The van der Waals surface area contributed by atoms with Crippen molar-refractivity contribution in [1.82, 2.24) is 0 Å². The van der Waals surface area contributed by atoms with Crippen molar-refractivity contribution in [2.24, 2.45) is 0 Å². The molecule has 1 heterocycles. The number of nitrogens with zero attached hydrogens (tertiary/aromatic N) is 1. The molecule has 0 saturated heterocycles. The molecule has 1 aromatic heterocycles. The molecule has 0 aliphatic carbocycles. The summed E-state index contributed by atoms with van der Waals surface area (Å²) in [6.45, 7) is 6.40. The second-order valence-electron chi connectivity index (χ2n) is 8.78. The highest BCUT2D eigenvalue weighted by Crippen LogP contribution is 2.40. The Morgan fingerprint density at radius 1 is 1.02 bits per heavy atom. The lowest BCUT2D eigenvalue weighted by molar-refractivity contribution is -0.114. The van der Waals surface area contributed by atoms with Gasteiger partial charge in [0.25, 0.3) is 0 Å². The van der Waals surface area contributed by atoms with E-state index in [1.165, 1.54) is 26.2 Å². The van der Waals surface area contributed by atoms with Crippen LogP contribution in [0.1, 0.15) is 22.8 Å². The molecule has 0 radical (unpaired) electrons. The van der Waals surface area contributed by atoms with Gasteiger partial charge in [-0.05, 0) is 12.1 Å². The highest BCUT2D eigenvalue weighted by Gasteiger charge is 2.30. The molecule has 3 N–H and O–H groups in total. The Kier molecular flexibility index (Phi) is 9.62. The van der Waals surface area contributed by atoms with Crippen molar-refractivity contribution in [2.45, 2.75) is 13.5 Å². The number of carbonyl (C=O) groups excluding carboxylic acids is 3. The van der Waals surface area contributed by atoms with E-state index < -0.39 is 92.4 Å². The van der Waals surface area contributed by atoms with E-state index in [2.05, 4.69) is 23.2 Å². The van der Waals surface area contributed by atoms with Gasteiger partial charge in [-0.15, -0.1) is 0 Å². The average Bonchev–Trinajstić information content (AvgIpc) is 2.93. The van der Waals surface area contributed by atoms with Crippen molar-refractivity contribution >= 4 is 46.1 Å². The predicted octanol–water partition coefficient (Wildman–Crippen LogP) is 4.67. The molecule has 11 nitrogen and oxygen atoms in total. The lowest BCUT2D eigenvalue weighted by Gasteiger charge is -2.21. The van der Waals surface area contributed by atoms with Crippen molar-refractivity contribution in [3.63, 3.8) is 0 Å². The second-order valence-corrected chi connectivity index (χ2v) is 8.78. The highest BCUT2D eigenvalue weighted by atomic mass is 19.1. The van der Waals surface area contributed by atoms with Crippen LogP contribution < -0.4 is 21.4 Å². The smallest absolute Gasteiger partial charge is 0.458 e. The number of fused-ring (bicyclic) bond motifs is 1. The maximum absolute atomic E-state index is 15.8. The van der Waals surface area contributed by atoms with Crippen LogP contribution in [0.2, 0.25) is 0 Å². The van der Waals surface area contributed by atoms with Crippen molar-refractivity contribution < 1.29 is 46.2 Å². The average molecular weight is 590 g/mol. The number of rotatable bonds is 10. The minimum absolute atomic E-state index is 0.214. The van der Waals surface area contributed by atoms with Gasteiger partial charge in [-0.25, -0.2) is 22.8 Å². The molecule has 42 heavy (non-hydrogen) atoms. The predicted molar refractivity (Wildman–Crippen MR) is 148 cm³/mol. The van der Waals surface area contributed by atoms with E-state index in [9.17, 15) is 19.2 Å². The van der Waals surface area contributed by atoms with Gasteiger partial charge in [0.2, 0.25) is 11.3 Å². The van der Waals surface area contributed by atoms with Gasteiger partial charge in [0, 0.05) is 26.6 Å². The van der Waals surface area contributed by atoms with Gasteiger partial charge < -0.3 is 34.6 Å². The van der Waals surface area contributed by atoms with E-state index in [1.54, 1.807) is 0 Å². The lowest BCUT2D eigenvalue weighted by atomic mass is 10.0. The Labute approximate surface area is 236 Å². The Morgan fingerprint density at radius 3 is 2.26 bits per heavy atom. The molecule has 3 rings (SSSR count). The fourth-order valence-corrected chi connectivity index (χ4v) is 3.88. The zero-order chi connectivity index (χ0) is 31.3. The number of amides is 1. The number of anilines is 3. The van der Waals surface area contributed by atoms with Crippen molar-refractivity contribution in [3.8, 4) is 11.3 Å². The highest BCUT2D eigenvalue weighted by molar-refractivity contribution is 6.02. The molecular formula is C28H26F3N3O8.